The topological polar surface area (TPSA) is 64.6 Å². The fourth-order valence-electron chi connectivity index (χ4n) is 6.77. The predicted molar refractivity (Wildman–Crippen MR) is 202 cm³/mol. The van der Waals surface area contributed by atoms with E-state index in [0.29, 0.717) is 33.0 Å². The van der Waals surface area contributed by atoms with E-state index in [0.717, 1.165) is 23.1 Å². The molecule has 1 aliphatic heterocycles. The van der Waals surface area contributed by atoms with Crippen LogP contribution in [0.4, 0.5) is 0 Å². The summed E-state index contributed by atoms with van der Waals surface area (Å²) < 4.78 is 46.8. The van der Waals surface area contributed by atoms with Crippen LogP contribution in [0.25, 0.3) is 0 Å². The van der Waals surface area contributed by atoms with E-state index in [1.54, 1.807) is 7.11 Å². The standard InChI is InChI=1S/C42H62O7Si/c1-7-8-9-10-11-21-28-47-50(33(2)3,34(4)5)48-32-38-39(44-29-35-22-15-12-16-23-35)40(45-30-36-24-17-13-18-25-36)41(42(43-6)49-38)46-31-37-26-19-14-20-27-37/h12-20,22-27,33-34,38-42H,7-11,21,28-32H2,1-6H3/t38-,39-,40+,41-,42+/m1/s1. The molecule has 3 aromatic rings. The average molecular weight is 707 g/mol. The lowest BCUT2D eigenvalue weighted by Crippen LogP contribution is -2.62. The molecule has 0 aliphatic carbocycles. The Balaban J connectivity index is 1.59. The monoisotopic (exact) mass is 706 g/mol. The Kier molecular flexibility index (Phi) is 17.6. The predicted octanol–water partition coefficient (Wildman–Crippen LogP) is 9.77. The van der Waals surface area contributed by atoms with Gasteiger partial charge in [0.1, 0.15) is 24.4 Å². The Morgan fingerprint density at radius 1 is 0.580 bits per heavy atom. The van der Waals surface area contributed by atoms with E-state index in [4.69, 9.17) is 32.5 Å². The minimum Gasteiger partial charge on any atom is -0.394 e. The maximum atomic E-state index is 7.05. The lowest BCUT2D eigenvalue weighted by molar-refractivity contribution is -0.321. The number of unbranched alkanes of at least 4 members (excludes halogenated alkanes) is 5. The van der Waals surface area contributed by atoms with Crippen molar-refractivity contribution < 1.29 is 32.5 Å². The highest BCUT2D eigenvalue weighted by atomic mass is 28.4. The van der Waals surface area contributed by atoms with Crippen LogP contribution in [-0.4, -0.2) is 59.6 Å². The SMILES string of the molecule is CCCCCCCCO[Si](OC[C@H]1O[C@H](OC)[C@H](OCc2ccccc2)[C@@H](OCc2ccccc2)[C@@H]1OCc1ccccc1)(C(C)C)C(C)C. The molecule has 0 unspecified atom stereocenters. The van der Waals surface area contributed by atoms with Crippen LogP contribution in [0.5, 0.6) is 0 Å². The molecule has 7 nitrogen and oxygen atoms in total. The number of methoxy groups -OCH3 is 1. The molecule has 3 aromatic carbocycles. The molecule has 0 amide bonds. The van der Waals surface area contributed by atoms with E-state index in [2.05, 4.69) is 71.0 Å². The molecule has 4 rings (SSSR count). The molecule has 5 atom stereocenters. The molecule has 0 N–H and O–H groups in total. The third-order valence-electron chi connectivity index (χ3n) is 9.59. The van der Waals surface area contributed by atoms with Crippen LogP contribution in [0.3, 0.4) is 0 Å². The van der Waals surface area contributed by atoms with Crippen LogP contribution in [0, 0.1) is 0 Å². The van der Waals surface area contributed by atoms with Gasteiger partial charge in [-0.05, 0) is 34.2 Å². The van der Waals surface area contributed by atoms with Gasteiger partial charge in [-0.2, -0.15) is 0 Å². The Morgan fingerprint density at radius 3 is 1.52 bits per heavy atom. The molecule has 1 heterocycles. The van der Waals surface area contributed by atoms with E-state index in [1.807, 2.05) is 54.6 Å². The van der Waals surface area contributed by atoms with Gasteiger partial charge in [0.25, 0.3) is 0 Å². The van der Waals surface area contributed by atoms with Crippen molar-refractivity contribution >= 4 is 8.56 Å². The summed E-state index contributed by atoms with van der Waals surface area (Å²) in [6.07, 6.45) is 4.58. The van der Waals surface area contributed by atoms with Crippen LogP contribution in [-0.2, 0) is 52.4 Å². The summed E-state index contributed by atoms with van der Waals surface area (Å²) in [5, 5.41) is 0. The van der Waals surface area contributed by atoms with Gasteiger partial charge in [-0.15, -0.1) is 0 Å². The molecule has 0 bridgehead atoms. The molecule has 0 spiro atoms. The summed E-state index contributed by atoms with van der Waals surface area (Å²) in [6.45, 7) is 13.4. The van der Waals surface area contributed by atoms with Gasteiger partial charge in [0.15, 0.2) is 6.29 Å². The molecular formula is C42H62O7Si. The molecule has 0 radical (unpaired) electrons. The van der Waals surface area contributed by atoms with Crippen LogP contribution in [0.15, 0.2) is 91.0 Å². The number of hydrogen-bond acceptors (Lipinski definition) is 7. The molecule has 8 heteroatoms. The normalized spacial score (nSPS) is 21.2. The van der Waals surface area contributed by atoms with Crippen LogP contribution < -0.4 is 0 Å². The Labute approximate surface area is 303 Å². The second kappa shape index (κ2) is 21.8. The zero-order valence-electron chi connectivity index (χ0n) is 31.3. The lowest BCUT2D eigenvalue weighted by Gasteiger charge is -2.47. The summed E-state index contributed by atoms with van der Waals surface area (Å²) in [6, 6.07) is 30.6. The van der Waals surface area contributed by atoms with E-state index in [1.165, 1.54) is 32.1 Å². The number of rotatable bonds is 23. The molecule has 1 aliphatic rings. The quantitative estimate of drug-likeness (QED) is 0.0719. The molecule has 0 aromatic heterocycles. The minimum atomic E-state index is -2.68. The first kappa shape index (κ1) is 40.4. The zero-order chi connectivity index (χ0) is 35.6. The lowest BCUT2D eigenvalue weighted by atomic mass is 9.98. The van der Waals surface area contributed by atoms with Crippen molar-refractivity contribution in [3.8, 4) is 0 Å². The van der Waals surface area contributed by atoms with Gasteiger partial charge < -0.3 is 32.5 Å². The van der Waals surface area contributed by atoms with Gasteiger partial charge in [-0.3, -0.25) is 0 Å². The highest BCUT2D eigenvalue weighted by Crippen LogP contribution is 2.37. The molecule has 50 heavy (non-hydrogen) atoms. The fourth-order valence-corrected chi connectivity index (χ4v) is 10.4. The number of benzene rings is 3. The smallest absolute Gasteiger partial charge is 0.343 e. The fraction of sp³-hybridized carbons (Fsp3) is 0.571. The molecular weight excluding hydrogens is 645 g/mol. The third-order valence-corrected chi connectivity index (χ3v) is 14.1. The number of hydrogen-bond donors (Lipinski definition) is 0. The Hall–Kier alpha value is -2.40. The van der Waals surface area contributed by atoms with Gasteiger partial charge >= 0.3 is 8.56 Å². The van der Waals surface area contributed by atoms with Crippen molar-refractivity contribution in [1.82, 2.24) is 0 Å². The second-order valence-electron chi connectivity index (χ2n) is 14.0. The van der Waals surface area contributed by atoms with E-state index < -0.39 is 39.3 Å². The Morgan fingerprint density at radius 2 is 1.04 bits per heavy atom. The van der Waals surface area contributed by atoms with Crippen molar-refractivity contribution in [2.24, 2.45) is 0 Å². The maximum Gasteiger partial charge on any atom is 0.343 e. The Bertz CT molecular complexity index is 1290. The molecule has 276 valence electrons. The van der Waals surface area contributed by atoms with E-state index in [9.17, 15) is 0 Å². The van der Waals surface area contributed by atoms with Crippen molar-refractivity contribution in [3.63, 3.8) is 0 Å². The highest BCUT2D eigenvalue weighted by molar-refractivity contribution is 6.70. The van der Waals surface area contributed by atoms with E-state index >= 15 is 0 Å². The van der Waals surface area contributed by atoms with Crippen LogP contribution >= 0.6 is 0 Å². The van der Waals surface area contributed by atoms with Crippen molar-refractivity contribution in [1.29, 1.82) is 0 Å². The summed E-state index contributed by atoms with van der Waals surface area (Å²) in [4.78, 5) is 0. The summed E-state index contributed by atoms with van der Waals surface area (Å²) in [5.74, 6) is 0. The molecule has 1 saturated heterocycles. The first-order valence-electron chi connectivity index (χ1n) is 18.8. The van der Waals surface area contributed by atoms with Crippen LogP contribution in [0.2, 0.25) is 11.1 Å². The first-order valence-corrected chi connectivity index (χ1v) is 20.8. The van der Waals surface area contributed by atoms with Gasteiger partial charge in [0.2, 0.25) is 0 Å². The van der Waals surface area contributed by atoms with Crippen molar-refractivity contribution in [3.05, 3.63) is 108 Å². The minimum absolute atomic E-state index is 0.250. The summed E-state index contributed by atoms with van der Waals surface area (Å²) >= 11 is 0. The van der Waals surface area contributed by atoms with E-state index in [-0.39, 0.29) is 11.1 Å². The first-order chi connectivity index (χ1) is 24.4. The molecule has 0 saturated carbocycles. The van der Waals surface area contributed by atoms with Gasteiger partial charge in [0, 0.05) is 13.7 Å². The average Bonchev–Trinajstić information content (AvgIpc) is 3.14. The second-order valence-corrected chi connectivity index (χ2v) is 18.3. The molecule has 1 fully saturated rings. The largest absolute Gasteiger partial charge is 0.394 e. The number of ether oxygens (including phenoxy) is 5. The maximum absolute atomic E-state index is 7.05. The van der Waals surface area contributed by atoms with Gasteiger partial charge in [-0.25, -0.2) is 0 Å². The third kappa shape index (κ3) is 12.1. The summed E-state index contributed by atoms with van der Waals surface area (Å²) in [5.41, 5.74) is 3.70. The zero-order valence-corrected chi connectivity index (χ0v) is 32.3. The summed E-state index contributed by atoms with van der Waals surface area (Å²) in [7, 11) is -1.02. The highest BCUT2D eigenvalue weighted by Gasteiger charge is 2.51. The van der Waals surface area contributed by atoms with Crippen molar-refractivity contribution in [2.45, 2.75) is 135 Å². The van der Waals surface area contributed by atoms with Gasteiger partial charge in [0.05, 0.1) is 26.4 Å². The van der Waals surface area contributed by atoms with Gasteiger partial charge in [-0.1, -0.05) is 158 Å². The van der Waals surface area contributed by atoms with Crippen LogP contribution in [0.1, 0.15) is 89.8 Å². The van der Waals surface area contributed by atoms with Crippen molar-refractivity contribution in [2.75, 3.05) is 20.3 Å².